The average Bonchev–Trinajstić information content (AvgIpc) is 2.67. The van der Waals surface area contributed by atoms with E-state index >= 15 is 0 Å². The molecule has 2 rings (SSSR count). The Kier molecular flexibility index (Phi) is 5.00. The molecule has 0 aliphatic carbocycles. The van der Waals surface area contributed by atoms with Gasteiger partial charge in [-0.3, -0.25) is 4.79 Å². The Bertz CT molecular complexity index is 630. The van der Waals surface area contributed by atoms with Gasteiger partial charge in [-0.2, -0.15) is 0 Å². The first-order valence-corrected chi connectivity index (χ1v) is 7.81. The van der Waals surface area contributed by atoms with Gasteiger partial charge in [-0.25, -0.2) is 4.39 Å². The lowest BCUT2D eigenvalue weighted by atomic mass is 10.2. The summed E-state index contributed by atoms with van der Waals surface area (Å²) in [5.41, 5.74) is 0.537. The van der Waals surface area contributed by atoms with E-state index in [1.54, 1.807) is 6.07 Å². The van der Waals surface area contributed by atoms with Crippen molar-refractivity contribution >= 4 is 60.6 Å². The zero-order valence-corrected chi connectivity index (χ0v) is 14.0. The number of benzene rings is 1. The normalized spacial score (nSPS) is 10.5. The Labute approximate surface area is 134 Å². The van der Waals surface area contributed by atoms with Gasteiger partial charge in [0.15, 0.2) is 6.61 Å². The third-order valence-electron chi connectivity index (χ3n) is 2.21. The second-order valence-electron chi connectivity index (χ2n) is 3.52. The number of thiophene rings is 1. The zero-order chi connectivity index (χ0) is 14.0. The number of ether oxygens (including phenoxy) is 1. The summed E-state index contributed by atoms with van der Waals surface area (Å²) in [7, 11) is 0. The standard InChI is InChI=1S/C12H6Br2ClFO2S/c13-11-4-7(12(14)19-11)9(17)5-18-10-2-1-6(16)3-8(10)15/h1-4H,5H2. The van der Waals surface area contributed by atoms with Crippen molar-refractivity contribution in [3.8, 4) is 5.75 Å². The Morgan fingerprint density at radius 1 is 1.37 bits per heavy atom. The van der Waals surface area contributed by atoms with Crippen LogP contribution in [0.4, 0.5) is 4.39 Å². The third kappa shape index (κ3) is 3.78. The minimum atomic E-state index is -0.451. The van der Waals surface area contributed by atoms with Gasteiger partial charge in [0.05, 0.1) is 12.6 Å². The van der Waals surface area contributed by atoms with E-state index in [4.69, 9.17) is 16.3 Å². The molecule has 19 heavy (non-hydrogen) atoms. The monoisotopic (exact) mass is 426 g/mol. The van der Waals surface area contributed by atoms with Gasteiger partial charge in [0.25, 0.3) is 0 Å². The van der Waals surface area contributed by atoms with E-state index in [2.05, 4.69) is 31.9 Å². The maximum atomic E-state index is 12.9. The first-order valence-electron chi connectivity index (χ1n) is 5.03. The average molecular weight is 429 g/mol. The molecule has 2 nitrogen and oxygen atoms in total. The smallest absolute Gasteiger partial charge is 0.202 e. The summed E-state index contributed by atoms with van der Waals surface area (Å²) in [6.07, 6.45) is 0. The lowest BCUT2D eigenvalue weighted by Gasteiger charge is -2.06. The van der Waals surface area contributed by atoms with Crippen LogP contribution in [0.3, 0.4) is 0 Å². The summed E-state index contributed by atoms with van der Waals surface area (Å²) >= 11 is 13.8. The topological polar surface area (TPSA) is 26.3 Å². The number of rotatable bonds is 4. The SMILES string of the molecule is O=C(COc1ccc(F)cc1Cl)c1cc(Br)sc1Br. The Morgan fingerprint density at radius 3 is 2.68 bits per heavy atom. The van der Waals surface area contributed by atoms with Crippen molar-refractivity contribution in [1.82, 2.24) is 0 Å². The van der Waals surface area contributed by atoms with Gasteiger partial charge in [0, 0.05) is 5.56 Å². The number of hydrogen-bond acceptors (Lipinski definition) is 3. The van der Waals surface area contributed by atoms with E-state index in [0.717, 1.165) is 13.6 Å². The van der Waals surface area contributed by atoms with Crippen LogP contribution in [-0.2, 0) is 0 Å². The molecule has 100 valence electrons. The fourth-order valence-electron chi connectivity index (χ4n) is 1.34. The molecule has 0 unspecified atom stereocenters. The highest BCUT2D eigenvalue weighted by molar-refractivity contribution is 9.12. The fraction of sp³-hybridized carbons (Fsp3) is 0.0833. The molecule has 0 aliphatic rings. The first kappa shape index (κ1) is 15.0. The molecule has 0 saturated carbocycles. The summed E-state index contributed by atoms with van der Waals surface area (Å²) < 4.78 is 19.7. The van der Waals surface area contributed by atoms with Crippen LogP contribution in [0.5, 0.6) is 5.75 Å². The minimum Gasteiger partial charge on any atom is -0.484 e. The van der Waals surface area contributed by atoms with Crippen molar-refractivity contribution in [3.05, 3.63) is 48.2 Å². The van der Waals surface area contributed by atoms with Gasteiger partial charge < -0.3 is 4.74 Å². The van der Waals surface area contributed by atoms with E-state index in [9.17, 15) is 9.18 Å². The predicted octanol–water partition coefficient (Wildman–Crippen LogP) is 5.33. The molecule has 0 bridgehead atoms. The molecule has 2 aromatic rings. The van der Waals surface area contributed by atoms with Crippen LogP contribution in [0.25, 0.3) is 0 Å². The van der Waals surface area contributed by atoms with E-state index in [1.807, 2.05) is 0 Å². The minimum absolute atomic E-state index is 0.137. The molecule has 0 fully saturated rings. The highest BCUT2D eigenvalue weighted by Crippen LogP contribution is 2.32. The highest BCUT2D eigenvalue weighted by atomic mass is 79.9. The summed E-state index contributed by atoms with van der Waals surface area (Å²) in [6, 6.07) is 5.47. The largest absolute Gasteiger partial charge is 0.484 e. The lowest BCUT2D eigenvalue weighted by Crippen LogP contribution is -2.11. The quantitative estimate of drug-likeness (QED) is 0.616. The van der Waals surface area contributed by atoms with Crippen LogP contribution in [-0.4, -0.2) is 12.4 Å². The van der Waals surface area contributed by atoms with Gasteiger partial charge >= 0.3 is 0 Å². The number of carbonyl (C=O) groups is 1. The Balaban J connectivity index is 2.06. The highest BCUT2D eigenvalue weighted by Gasteiger charge is 2.15. The van der Waals surface area contributed by atoms with Gasteiger partial charge in [0.2, 0.25) is 5.78 Å². The predicted molar refractivity (Wildman–Crippen MR) is 81.0 cm³/mol. The first-order chi connectivity index (χ1) is 8.97. The summed E-state index contributed by atoms with van der Waals surface area (Å²) in [4.78, 5) is 11.9. The summed E-state index contributed by atoms with van der Waals surface area (Å²) in [6.45, 7) is -0.160. The molecule has 0 saturated heterocycles. The molecule has 0 aliphatic heterocycles. The number of carbonyl (C=O) groups excluding carboxylic acids is 1. The molecule has 0 atom stereocenters. The van der Waals surface area contributed by atoms with Crippen LogP contribution < -0.4 is 4.74 Å². The van der Waals surface area contributed by atoms with Crippen molar-refractivity contribution in [2.75, 3.05) is 6.61 Å². The molecule has 0 spiro atoms. The molecule has 1 aromatic carbocycles. The molecule has 7 heteroatoms. The molecule has 0 radical (unpaired) electrons. The van der Waals surface area contributed by atoms with Crippen LogP contribution in [0.2, 0.25) is 5.02 Å². The van der Waals surface area contributed by atoms with Crippen molar-refractivity contribution in [1.29, 1.82) is 0 Å². The van der Waals surface area contributed by atoms with Crippen LogP contribution in [0.15, 0.2) is 31.8 Å². The van der Waals surface area contributed by atoms with Crippen molar-refractivity contribution in [2.45, 2.75) is 0 Å². The maximum absolute atomic E-state index is 12.9. The van der Waals surface area contributed by atoms with Crippen molar-refractivity contribution < 1.29 is 13.9 Å². The van der Waals surface area contributed by atoms with Gasteiger partial charge in [0.1, 0.15) is 11.6 Å². The maximum Gasteiger partial charge on any atom is 0.202 e. The zero-order valence-electron chi connectivity index (χ0n) is 9.25. The molecular weight excluding hydrogens is 422 g/mol. The Morgan fingerprint density at radius 2 is 2.11 bits per heavy atom. The van der Waals surface area contributed by atoms with Gasteiger partial charge in [-0.05, 0) is 56.1 Å². The number of Topliss-reactive ketones (excluding diaryl/α,β-unsaturated/α-hetero) is 1. The van der Waals surface area contributed by atoms with Crippen LogP contribution in [0.1, 0.15) is 10.4 Å². The van der Waals surface area contributed by atoms with Crippen LogP contribution in [0, 0.1) is 5.82 Å². The molecular formula is C12H6Br2ClFO2S. The van der Waals surface area contributed by atoms with E-state index < -0.39 is 5.82 Å². The molecule has 1 heterocycles. The number of ketones is 1. The second-order valence-corrected chi connectivity index (χ2v) is 7.68. The second kappa shape index (κ2) is 6.35. The molecule has 0 N–H and O–H groups in total. The summed E-state index contributed by atoms with van der Waals surface area (Å²) in [5.74, 6) is -0.357. The summed E-state index contributed by atoms with van der Waals surface area (Å²) in [5, 5.41) is 0.137. The van der Waals surface area contributed by atoms with Crippen molar-refractivity contribution in [2.24, 2.45) is 0 Å². The lowest BCUT2D eigenvalue weighted by molar-refractivity contribution is 0.0921. The van der Waals surface area contributed by atoms with E-state index in [1.165, 1.54) is 23.5 Å². The molecule has 1 aromatic heterocycles. The van der Waals surface area contributed by atoms with E-state index in [0.29, 0.717) is 5.56 Å². The van der Waals surface area contributed by atoms with Crippen LogP contribution >= 0.6 is 54.8 Å². The number of hydrogen-bond donors (Lipinski definition) is 0. The number of halogens is 4. The van der Waals surface area contributed by atoms with Gasteiger partial charge in [-0.1, -0.05) is 11.6 Å². The van der Waals surface area contributed by atoms with Crippen molar-refractivity contribution in [3.63, 3.8) is 0 Å². The third-order valence-corrected chi connectivity index (χ3v) is 4.84. The van der Waals surface area contributed by atoms with Gasteiger partial charge in [-0.15, -0.1) is 11.3 Å². The van der Waals surface area contributed by atoms with E-state index in [-0.39, 0.29) is 23.2 Å². The Hall–Kier alpha value is -0.430. The fourth-order valence-corrected chi connectivity index (χ4v) is 4.42. The molecule has 0 amide bonds.